The summed E-state index contributed by atoms with van der Waals surface area (Å²) in [6.45, 7) is 2.76. The summed E-state index contributed by atoms with van der Waals surface area (Å²) in [7, 11) is 2.97. The fraction of sp³-hybridized carbons (Fsp3) is 0.500. The second-order valence-corrected chi connectivity index (χ2v) is 8.24. The monoisotopic (exact) mass is 331 g/mol. The van der Waals surface area contributed by atoms with E-state index in [1.807, 2.05) is 0 Å². The van der Waals surface area contributed by atoms with Crippen LogP contribution in [0.25, 0.3) is 0 Å². The first kappa shape index (κ1) is 16.1. The number of methoxy groups -OCH3 is 1. The van der Waals surface area contributed by atoms with Gasteiger partial charge in [0.2, 0.25) is 5.91 Å². The van der Waals surface area contributed by atoms with Crippen LogP contribution in [0.4, 0.5) is 0 Å². The number of nitrogens with one attached hydrogen (secondary N) is 1. The van der Waals surface area contributed by atoms with Crippen LogP contribution in [0.15, 0.2) is 23.1 Å². The Balaban J connectivity index is 2.11. The quantitative estimate of drug-likeness (QED) is 0.810. The van der Waals surface area contributed by atoms with E-state index in [4.69, 9.17) is 15.4 Å². The van der Waals surface area contributed by atoms with Crippen molar-refractivity contribution in [2.24, 2.45) is 5.41 Å². The number of hydrogen-bond donors (Lipinski definition) is 1. The molecule has 5 nitrogen and oxygen atoms in total. The molecule has 1 fully saturated rings. The van der Waals surface area contributed by atoms with E-state index in [1.165, 1.54) is 25.3 Å². The zero-order valence-electron chi connectivity index (χ0n) is 12.0. The van der Waals surface area contributed by atoms with Crippen molar-refractivity contribution in [1.82, 2.24) is 5.32 Å². The lowest BCUT2D eigenvalue weighted by molar-refractivity contribution is -0.120. The minimum atomic E-state index is -3.83. The second kappa shape index (κ2) is 5.85. The average molecular weight is 332 g/mol. The van der Waals surface area contributed by atoms with Crippen LogP contribution in [0.2, 0.25) is 0 Å². The molecule has 0 bridgehead atoms. The number of hydrogen-bond acceptors (Lipinski definition) is 4. The van der Waals surface area contributed by atoms with E-state index in [-0.39, 0.29) is 22.6 Å². The maximum Gasteiger partial charge on any atom is 0.261 e. The van der Waals surface area contributed by atoms with Crippen LogP contribution < -0.4 is 10.1 Å². The van der Waals surface area contributed by atoms with Gasteiger partial charge in [-0.3, -0.25) is 4.79 Å². The Morgan fingerprint density at radius 3 is 2.62 bits per heavy atom. The molecule has 0 unspecified atom stereocenters. The molecular formula is C14H18ClNO4S. The highest BCUT2D eigenvalue weighted by Crippen LogP contribution is 2.44. The second-order valence-electron chi connectivity index (χ2n) is 5.68. The first-order valence-electron chi connectivity index (χ1n) is 6.62. The fourth-order valence-electron chi connectivity index (χ4n) is 1.98. The molecule has 1 N–H and O–H groups in total. The molecule has 116 valence electrons. The third-order valence-electron chi connectivity index (χ3n) is 3.70. The summed E-state index contributed by atoms with van der Waals surface area (Å²) in [6.07, 6.45) is 2.30. The van der Waals surface area contributed by atoms with Crippen LogP contribution in [0, 0.1) is 5.41 Å². The third-order valence-corrected chi connectivity index (χ3v) is 5.05. The van der Waals surface area contributed by atoms with Crippen molar-refractivity contribution in [3.05, 3.63) is 23.8 Å². The smallest absolute Gasteiger partial charge is 0.261 e. The van der Waals surface area contributed by atoms with Gasteiger partial charge >= 0.3 is 0 Å². The molecule has 1 amide bonds. The molecule has 0 radical (unpaired) electrons. The van der Waals surface area contributed by atoms with E-state index < -0.39 is 9.05 Å². The lowest BCUT2D eigenvalue weighted by atomic mass is 10.1. The predicted octanol–water partition coefficient (Wildman–Crippen LogP) is 2.08. The summed E-state index contributed by atoms with van der Waals surface area (Å²) in [5.74, 6) is 0.303. The molecule has 21 heavy (non-hydrogen) atoms. The summed E-state index contributed by atoms with van der Waals surface area (Å²) < 4.78 is 27.9. The highest BCUT2D eigenvalue weighted by atomic mass is 35.7. The minimum Gasteiger partial charge on any atom is -0.496 e. The first-order valence-corrected chi connectivity index (χ1v) is 8.93. The molecule has 1 aromatic carbocycles. The van der Waals surface area contributed by atoms with Crippen LogP contribution in [0.3, 0.4) is 0 Å². The van der Waals surface area contributed by atoms with Gasteiger partial charge in [-0.15, -0.1) is 0 Å². The maximum absolute atomic E-state index is 12.0. The molecule has 0 saturated heterocycles. The van der Waals surface area contributed by atoms with Gasteiger partial charge in [-0.1, -0.05) is 6.92 Å². The van der Waals surface area contributed by atoms with Crippen molar-refractivity contribution in [2.75, 3.05) is 13.7 Å². The number of benzene rings is 1. The number of carbonyl (C=O) groups excluding carboxylic acids is 1. The van der Waals surface area contributed by atoms with E-state index in [0.717, 1.165) is 12.8 Å². The fourth-order valence-corrected chi connectivity index (χ4v) is 2.78. The summed E-state index contributed by atoms with van der Waals surface area (Å²) in [5.41, 5.74) is 0.721. The van der Waals surface area contributed by atoms with Gasteiger partial charge in [0, 0.05) is 22.8 Å². The Bertz CT molecular complexity index is 653. The maximum atomic E-state index is 12.0. The number of rotatable bonds is 6. The van der Waals surface area contributed by atoms with Crippen LogP contribution in [-0.4, -0.2) is 28.0 Å². The van der Waals surface area contributed by atoms with Gasteiger partial charge in [0.05, 0.1) is 18.4 Å². The number of ether oxygens (including phenoxy) is 1. The van der Waals surface area contributed by atoms with Crippen molar-refractivity contribution >= 4 is 25.6 Å². The van der Waals surface area contributed by atoms with Crippen molar-refractivity contribution in [2.45, 2.75) is 31.1 Å². The van der Waals surface area contributed by atoms with Gasteiger partial charge in [0.25, 0.3) is 9.05 Å². The first-order chi connectivity index (χ1) is 9.73. The van der Waals surface area contributed by atoms with Crippen molar-refractivity contribution in [3.8, 4) is 5.75 Å². The molecule has 0 aliphatic heterocycles. The Morgan fingerprint density at radius 2 is 2.10 bits per heavy atom. The Labute approximate surface area is 129 Å². The van der Waals surface area contributed by atoms with Crippen LogP contribution in [0.1, 0.15) is 25.3 Å². The number of amides is 1. The van der Waals surface area contributed by atoms with E-state index in [2.05, 4.69) is 12.2 Å². The lowest BCUT2D eigenvalue weighted by Crippen LogP contribution is -2.30. The third kappa shape index (κ3) is 4.35. The molecule has 2 rings (SSSR count). The Kier molecular flexibility index (Phi) is 4.49. The van der Waals surface area contributed by atoms with E-state index >= 15 is 0 Å². The lowest BCUT2D eigenvalue weighted by Gasteiger charge is -2.12. The normalized spacial score (nSPS) is 16.3. The molecule has 0 atom stereocenters. The summed E-state index contributed by atoms with van der Waals surface area (Å²) in [4.78, 5) is 11.9. The average Bonchev–Trinajstić information content (AvgIpc) is 3.14. The molecule has 0 heterocycles. The van der Waals surface area contributed by atoms with Crippen molar-refractivity contribution in [1.29, 1.82) is 0 Å². The zero-order chi connectivity index (χ0) is 15.7. The van der Waals surface area contributed by atoms with Crippen LogP contribution >= 0.6 is 10.7 Å². The van der Waals surface area contributed by atoms with Gasteiger partial charge in [-0.25, -0.2) is 8.42 Å². The minimum absolute atomic E-state index is 0.0399. The SMILES string of the molecule is COc1ccc(S(=O)(=O)Cl)cc1CC(=O)NCC1(C)CC1. The summed E-state index contributed by atoms with van der Waals surface area (Å²) >= 11 is 0. The van der Waals surface area contributed by atoms with Gasteiger partial charge in [0.1, 0.15) is 5.75 Å². The van der Waals surface area contributed by atoms with Gasteiger partial charge in [-0.2, -0.15) is 0 Å². The van der Waals surface area contributed by atoms with Gasteiger partial charge in [0.15, 0.2) is 0 Å². The molecule has 7 heteroatoms. The predicted molar refractivity (Wildman–Crippen MR) is 80.1 cm³/mol. The van der Waals surface area contributed by atoms with E-state index in [9.17, 15) is 13.2 Å². The van der Waals surface area contributed by atoms with Crippen molar-refractivity contribution in [3.63, 3.8) is 0 Å². The van der Waals surface area contributed by atoms with Gasteiger partial charge < -0.3 is 10.1 Å². The molecule has 1 aromatic rings. The van der Waals surface area contributed by atoms with Crippen LogP contribution in [-0.2, 0) is 20.3 Å². The standard InChI is InChI=1S/C14H18ClNO4S/c1-14(5-6-14)9-16-13(17)8-10-7-11(21(15,18)19)3-4-12(10)20-2/h3-4,7H,5-6,8-9H2,1-2H3,(H,16,17). The van der Waals surface area contributed by atoms with Crippen molar-refractivity contribution < 1.29 is 17.9 Å². The molecule has 0 spiro atoms. The Morgan fingerprint density at radius 1 is 1.43 bits per heavy atom. The highest BCUT2D eigenvalue weighted by molar-refractivity contribution is 8.13. The van der Waals surface area contributed by atoms with E-state index in [0.29, 0.717) is 17.9 Å². The van der Waals surface area contributed by atoms with E-state index in [1.54, 1.807) is 0 Å². The largest absolute Gasteiger partial charge is 0.496 e. The molecular weight excluding hydrogens is 314 g/mol. The topological polar surface area (TPSA) is 72.5 Å². The Hall–Kier alpha value is -1.27. The molecule has 1 aliphatic rings. The summed E-state index contributed by atoms with van der Waals surface area (Å²) in [6, 6.07) is 4.23. The molecule has 1 aliphatic carbocycles. The molecule has 0 aromatic heterocycles. The van der Waals surface area contributed by atoms with Gasteiger partial charge in [-0.05, 0) is 36.5 Å². The zero-order valence-corrected chi connectivity index (χ0v) is 13.6. The summed E-state index contributed by atoms with van der Waals surface area (Å²) in [5, 5.41) is 2.87. The number of carbonyl (C=O) groups is 1. The number of halogens is 1. The highest BCUT2D eigenvalue weighted by Gasteiger charge is 2.37. The van der Waals surface area contributed by atoms with Crippen LogP contribution in [0.5, 0.6) is 5.75 Å². The molecule has 1 saturated carbocycles.